The van der Waals surface area contributed by atoms with E-state index in [9.17, 15) is 4.79 Å². The third-order valence-electron chi connectivity index (χ3n) is 5.72. The molecule has 1 saturated heterocycles. The molecule has 0 aromatic heterocycles. The molecule has 1 fully saturated rings. The second kappa shape index (κ2) is 8.53. The standard InChI is InChI=1S/C24H26N2O3/c1-28-20-11-12-21(23(15-20)29-2)22-8-5-13-26(22)16-24(27)25-19-10-9-17-6-3-4-7-18(17)14-19/h3-4,6-7,9-12,14-15,22H,5,8,13,16H2,1-2H3,(H,25,27)/p+1/t22-/m1/s1. The van der Waals surface area contributed by atoms with Crippen LogP contribution in [0.5, 0.6) is 11.5 Å². The van der Waals surface area contributed by atoms with Gasteiger partial charge >= 0.3 is 0 Å². The van der Waals surface area contributed by atoms with Crippen LogP contribution in [0.3, 0.4) is 0 Å². The Morgan fingerprint density at radius 2 is 1.86 bits per heavy atom. The van der Waals surface area contributed by atoms with Gasteiger partial charge in [-0.25, -0.2) is 0 Å². The van der Waals surface area contributed by atoms with Crippen molar-refractivity contribution in [1.82, 2.24) is 0 Å². The Morgan fingerprint density at radius 3 is 2.66 bits per heavy atom. The van der Waals surface area contributed by atoms with Gasteiger partial charge in [-0.15, -0.1) is 0 Å². The first-order chi connectivity index (χ1) is 14.2. The number of nitrogens with one attached hydrogen (secondary N) is 2. The molecule has 1 amide bonds. The van der Waals surface area contributed by atoms with Gasteiger partial charge in [0.25, 0.3) is 5.91 Å². The summed E-state index contributed by atoms with van der Waals surface area (Å²) < 4.78 is 10.9. The molecule has 4 rings (SSSR count). The molecular formula is C24H27N2O3+. The van der Waals surface area contributed by atoms with Crippen LogP contribution < -0.4 is 19.7 Å². The number of quaternary nitrogens is 1. The molecule has 1 aliphatic heterocycles. The largest absolute Gasteiger partial charge is 0.497 e. The maximum atomic E-state index is 12.8. The number of rotatable bonds is 6. The number of amides is 1. The van der Waals surface area contributed by atoms with E-state index in [1.807, 2.05) is 42.5 Å². The van der Waals surface area contributed by atoms with Crippen molar-refractivity contribution in [2.75, 3.05) is 32.6 Å². The van der Waals surface area contributed by atoms with Crippen LogP contribution in [0.1, 0.15) is 24.4 Å². The van der Waals surface area contributed by atoms with Gasteiger partial charge in [0.05, 0.1) is 26.3 Å². The Kier molecular flexibility index (Phi) is 5.67. The van der Waals surface area contributed by atoms with Crippen LogP contribution in [-0.4, -0.2) is 33.2 Å². The maximum absolute atomic E-state index is 12.8. The average molecular weight is 391 g/mol. The Bertz CT molecular complexity index is 1020. The van der Waals surface area contributed by atoms with E-state index >= 15 is 0 Å². The fraction of sp³-hybridized carbons (Fsp3) is 0.292. The molecule has 3 aromatic rings. The molecule has 1 aliphatic rings. The number of fused-ring (bicyclic) bond motifs is 1. The molecule has 5 heteroatoms. The normalized spacial score (nSPS) is 18.6. The molecule has 2 atom stereocenters. The van der Waals surface area contributed by atoms with Crippen LogP contribution >= 0.6 is 0 Å². The number of hydrogen-bond acceptors (Lipinski definition) is 3. The van der Waals surface area contributed by atoms with E-state index in [2.05, 4.69) is 23.5 Å². The summed E-state index contributed by atoms with van der Waals surface area (Å²) in [7, 11) is 3.33. The number of benzene rings is 3. The summed E-state index contributed by atoms with van der Waals surface area (Å²) in [6.07, 6.45) is 2.14. The molecule has 5 nitrogen and oxygen atoms in total. The van der Waals surface area contributed by atoms with Gasteiger partial charge in [0, 0.05) is 24.6 Å². The highest BCUT2D eigenvalue weighted by Gasteiger charge is 2.33. The monoisotopic (exact) mass is 391 g/mol. The van der Waals surface area contributed by atoms with Gasteiger partial charge in [-0.2, -0.15) is 0 Å². The number of likely N-dealkylation sites (tertiary alicyclic amines) is 1. The number of anilines is 1. The van der Waals surface area contributed by atoms with Crippen molar-refractivity contribution in [3.8, 4) is 11.5 Å². The summed E-state index contributed by atoms with van der Waals surface area (Å²) in [5.41, 5.74) is 1.98. The van der Waals surface area contributed by atoms with E-state index in [0.717, 1.165) is 47.5 Å². The minimum atomic E-state index is 0.0367. The van der Waals surface area contributed by atoms with Crippen molar-refractivity contribution in [1.29, 1.82) is 0 Å². The molecule has 0 bridgehead atoms. The third-order valence-corrected chi connectivity index (χ3v) is 5.72. The van der Waals surface area contributed by atoms with E-state index in [1.54, 1.807) is 14.2 Å². The number of carbonyl (C=O) groups excluding carboxylic acids is 1. The zero-order chi connectivity index (χ0) is 20.2. The first kappa shape index (κ1) is 19.3. The van der Waals surface area contributed by atoms with Gasteiger partial charge in [0.2, 0.25) is 0 Å². The minimum absolute atomic E-state index is 0.0367. The number of hydrogen-bond donors (Lipinski definition) is 2. The highest BCUT2D eigenvalue weighted by atomic mass is 16.5. The van der Waals surface area contributed by atoms with Gasteiger partial charge < -0.3 is 19.7 Å². The highest BCUT2D eigenvalue weighted by molar-refractivity contribution is 5.94. The molecule has 1 heterocycles. The van der Waals surface area contributed by atoms with Crippen LogP contribution in [0.2, 0.25) is 0 Å². The van der Waals surface area contributed by atoms with Gasteiger partial charge in [-0.3, -0.25) is 4.79 Å². The molecule has 0 spiro atoms. The predicted octanol–water partition coefficient (Wildman–Crippen LogP) is 3.22. The fourth-order valence-corrected chi connectivity index (χ4v) is 4.28. The predicted molar refractivity (Wildman–Crippen MR) is 115 cm³/mol. The first-order valence-electron chi connectivity index (χ1n) is 10.0. The number of ether oxygens (including phenoxy) is 2. The molecule has 150 valence electrons. The van der Waals surface area contributed by atoms with Crippen LogP contribution in [0.4, 0.5) is 5.69 Å². The van der Waals surface area contributed by atoms with Crippen molar-refractivity contribution >= 4 is 22.4 Å². The van der Waals surface area contributed by atoms with Gasteiger partial charge in [-0.1, -0.05) is 30.3 Å². The van der Waals surface area contributed by atoms with Crippen molar-refractivity contribution in [2.45, 2.75) is 18.9 Å². The molecule has 0 saturated carbocycles. The summed E-state index contributed by atoms with van der Waals surface area (Å²) in [4.78, 5) is 14.0. The summed E-state index contributed by atoms with van der Waals surface area (Å²) in [6, 6.07) is 20.4. The molecule has 1 unspecified atom stereocenters. The minimum Gasteiger partial charge on any atom is -0.497 e. The average Bonchev–Trinajstić information content (AvgIpc) is 3.20. The lowest BCUT2D eigenvalue weighted by atomic mass is 10.0. The number of methoxy groups -OCH3 is 2. The molecule has 0 aliphatic carbocycles. The van der Waals surface area contributed by atoms with E-state index in [4.69, 9.17) is 9.47 Å². The number of carbonyl (C=O) groups is 1. The summed E-state index contributed by atoms with van der Waals surface area (Å²) >= 11 is 0. The van der Waals surface area contributed by atoms with E-state index in [0.29, 0.717) is 6.54 Å². The summed E-state index contributed by atoms with van der Waals surface area (Å²) in [5.74, 6) is 1.64. The van der Waals surface area contributed by atoms with E-state index in [-0.39, 0.29) is 11.9 Å². The van der Waals surface area contributed by atoms with Crippen molar-refractivity contribution in [3.63, 3.8) is 0 Å². The van der Waals surface area contributed by atoms with Gasteiger partial charge in [0.1, 0.15) is 17.5 Å². The van der Waals surface area contributed by atoms with Crippen LogP contribution in [0, 0.1) is 0 Å². The second-order valence-electron chi connectivity index (χ2n) is 7.50. The Labute approximate surface area is 171 Å². The smallest absolute Gasteiger partial charge is 0.279 e. The molecule has 3 aromatic carbocycles. The van der Waals surface area contributed by atoms with Crippen molar-refractivity contribution < 1.29 is 19.2 Å². The third kappa shape index (κ3) is 4.20. The van der Waals surface area contributed by atoms with Crippen LogP contribution in [0.25, 0.3) is 10.8 Å². The van der Waals surface area contributed by atoms with Crippen molar-refractivity contribution in [3.05, 3.63) is 66.2 Å². The van der Waals surface area contributed by atoms with E-state index in [1.165, 1.54) is 10.3 Å². The topological polar surface area (TPSA) is 52.0 Å². The summed E-state index contributed by atoms with van der Waals surface area (Å²) in [5, 5.41) is 5.36. The quantitative estimate of drug-likeness (QED) is 0.678. The summed E-state index contributed by atoms with van der Waals surface area (Å²) in [6.45, 7) is 1.41. The van der Waals surface area contributed by atoms with Gasteiger partial charge in [-0.05, 0) is 35.0 Å². The van der Waals surface area contributed by atoms with E-state index < -0.39 is 0 Å². The lowest BCUT2D eigenvalue weighted by Gasteiger charge is -2.23. The van der Waals surface area contributed by atoms with Crippen LogP contribution in [-0.2, 0) is 4.79 Å². The SMILES string of the molecule is COc1ccc([C@H]2CCC[NH+]2CC(=O)Nc2ccc3ccccc3c2)c(OC)c1. The Morgan fingerprint density at radius 1 is 1.03 bits per heavy atom. The Hall–Kier alpha value is -3.05. The Balaban J connectivity index is 1.47. The molecule has 0 radical (unpaired) electrons. The lowest BCUT2D eigenvalue weighted by Crippen LogP contribution is -3.11. The zero-order valence-corrected chi connectivity index (χ0v) is 16.9. The fourth-order valence-electron chi connectivity index (χ4n) is 4.28. The second-order valence-corrected chi connectivity index (χ2v) is 7.50. The molecule has 29 heavy (non-hydrogen) atoms. The van der Waals surface area contributed by atoms with Crippen molar-refractivity contribution in [2.24, 2.45) is 0 Å². The van der Waals surface area contributed by atoms with Crippen LogP contribution in [0.15, 0.2) is 60.7 Å². The maximum Gasteiger partial charge on any atom is 0.279 e. The zero-order valence-electron chi connectivity index (χ0n) is 16.9. The highest BCUT2D eigenvalue weighted by Crippen LogP contribution is 2.31. The lowest BCUT2D eigenvalue weighted by molar-refractivity contribution is -0.910. The van der Waals surface area contributed by atoms with Gasteiger partial charge in [0.15, 0.2) is 6.54 Å². The molecular weight excluding hydrogens is 364 g/mol. The molecule has 2 N–H and O–H groups in total. The first-order valence-corrected chi connectivity index (χ1v) is 10.0.